The van der Waals surface area contributed by atoms with Crippen LogP contribution in [0.1, 0.15) is 11.4 Å². The lowest BCUT2D eigenvalue weighted by Crippen LogP contribution is -2.13. The number of phenols is 1. The number of halogens is 3. The molecule has 0 aliphatic carbocycles. The number of alkyl halides is 3. The quantitative estimate of drug-likeness (QED) is 0.696. The molecule has 0 spiro atoms. The van der Waals surface area contributed by atoms with E-state index in [2.05, 4.69) is 20.3 Å². The largest absolute Gasteiger partial charge is 0.508 e. The molecule has 2 aromatic heterocycles. The van der Waals surface area contributed by atoms with Gasteiger partial charge in [0.2, 0.25) is 0 Å². The Bertz CT molecular complexity index is 930. The van der Waals surface area contributed by atoms with Gasteiger partial charge in [0, 0.05) is 5.69 Å². The SMILES string of the molecule is Cc1cc(C(F)(F)F)n2nc(N)c(N=Nc3ccc(O)cc3)c2n1. The minimum absolute atomic E-state index is 0.0524. The van der Waals surface area contributed by atoms with E-state index in [0.717, 1.165) is 6.07 Å². The van der Waals surface area contributed by atoms with Crippen molar-refractivity contribution in [3.05, 3.63) is 41.7 Å². The fourth-order valence-corrected chi connectivity index (χ4v) is 2.07. The van der Waals surface area contributed by atoms with Crippen molar-refractivity contribution in [1.82, 2.24) is 14.6 Å². The lowest BCUT2D eigenvalue weighted by Gasteiger charge is -2.09. The lowest BCUT2D eigenvalue weighted by atomic mass is 10.3. The molecule has 0 saturated heterocycles. The Morgan fingerprint density at radius 1 is 1.17 bits per heavy atom. The van der Waals surface area contributed by atoms with Crippen molar-refractivity contribution >= 4 is 22.8 Å². The maximum absolute atomic E-state index is 13.1. The Morgan fingerprint density at radius 3 is 2.46 bits per heavy atom. The van der Waals surface area contributed by atoms with Gasteiger partial charge in [-0.2, -0.15) is 18.3 Å². The summed E-state index contributed by atoms with van der Waals surface area (Å²) in [6, 6.07) is 6.65. The van der Waals surface area contributed by atoms with Gasteiger partial charge in [-0.3, -0.25) is 0 Å². The number of hydrogen-bond donors (Lipinski definition) is 2. The average molecular weight is 336 g/mol. The Balaban J connectivity index is 2.13. The molecule has 1 aromatic carbocycles. The minimum atomic E-state index is -4.62. The van der Waals surface area contributed by atoms with Gasteiger partial charge in [-0.25, -0.2) is 9.50 Å². The molecule has 0 radical (unpaired) electrons. The number of phenolic OH excluding ortho intramolecular Hbond substituents is 1. The Kier molecular flexibility index (Phi) is 3.59. The van der Waals surface area contributed by atoms with Crippen LogP contribution in [0.2, 0.25) is 0 Å². The summed E-state index contributed by atoms with van der Waals surface area (Å²) in [6.45, 7) is 1.43. The normalized spacial score (nSPS) is 12.3. The van der Waals surface area contributed by atoms with Gasteiger partial charge in [-0.15, -0.1) is 10.2 Å². The maximum atomic E-state index is 13.1. The number of nitrogen functional groups attached to an aromatic ring is 1. The number of benzene rings is 1. The molecule has 124 valence electrons. The standard InChI is InChI=1S/C14H11F3N6O/c1-7-6-10(14(15,16)17)23-13(19-7)11(12(18)22-23)21-20-8-2-4-9(24)5-3-8/h2-6,24H,1H3,(H2,18,22). The van der Waals surface area contributed by atoms with Crippen LogP contribution in [-0.2, 0) is 6.18 Å². The molecule has 10 heteroatoms. The first-order chi connectivity index (χ1) is 11.3. The Hall–Kier alpha value is -3.17. The van der Waals surface area contributed by atoms with Crippen LogP contribution in [0.15, 0.2) is 40.6 Å². The van der Waals surface area contributed by atoms with Crippen molar-refractivity contribution < 1.29 is 18.3 Å². The van der Waals surface area contributed by atoms with Crippen LogP contribution in [-0.4, -0.2) is 19.7 Å². The number of rotatable bonds is 2. The third-order valence-electron chi connectivity index (χ3n) is 3.12. The second-order valence-electron chi connectivity index (χ2n) is 4.97. The van der Waals surface area contributed by atoms with Crippen LogP contribution in [0.5, 0.6) is 5.75 Å². The van der Waals surface area contributed by atoms with E-state index in [1.54, 1.807) is 0 Å². The zero-order chi connectivity index (χ0) is 17.5. The number of nitrogens with zero attached hydrogens (tertiary/aromatic N) is 5. The summed E-state index contributed by atoms with van der Waals surface area (Å²) >= 11 is 0. The highest BCUT2D eigenvalue weighted by molar-refractivity contribution is 5.75. The van der Waals surface area contributed by atoms with E-state index in [-0.39, 0.29) is 28.6 Å². The molecule has 0 fully saturated rings. The highest BCUT2D eigenvalue weighted by Gasteiger charge is 2.35. The van der Waals surface area contributed by atoms with Crippen LogP contribution in [0, 0.1) is 6.92 Å². The van der Waals surface area contributed by atoms with Gasteiger partial charge in [0.1, 0.15) is 11.4 Å². The number of fused-ring (bicyclic) bond motifs is 1. The molecule has 0 bridgehead atoms. The molecule has 0 saturated carbocycles. The summed E-state index contributed by atoms with van der Waals surface area (Å²) in [5, 5.41) is 20.6. The van der Waals surface area contributed by atoms with E-state index in [4.69, 9.17) is 5.73 Å². The minimum Gasteiger partial charge on any atom is -0.508 e. The van der Waals surface area contributed by atoms with E-state index >= 15 is 0 Å². The third-order valence-corrected chi connectivity index (χ3v) is 3.12. The smallest absolute Gasteiger partial charge is 0.433 e. The summed E-state index contributed by atoms with van der Waals surface area (Å²) in [4.78, 5) is 4.02. The summed E-state index contributed by atoms with van der Waals surface area (Å²) < 4.78 is 40.0. The van der Waals surface area contributed by atoms with Gasteiger partial charge in [0.05, 0.1) is 5.69 Å². The number of hydrogen-bond acceptors (Lipinski definition) is 6. The topological polar surface area (TPSA) is 101 Å². The molecular formula is C14H11F3N6O. The number of azo groups is 1. The molecule has 24 heavy (non-hydrogen) atoms. The monoisotopic (exact) mass is 336 g/mol. The molecule has 0 atom stereocenters. The second-order valence-corrected chi connectivity index (χ2v) is 4.97. The Morgan fingerprint density at radius 2 is 1.83 bits per heavy atom. The van der Waals surface area contributed by atoms with Crippen molar-refractivity contribution in [1.29, 1.82) is 0 Å². The highest BCUT2D eigenvalue weighted by atomic mass is 19.4. The summed E-state index contributed by atoms with van der Waals surface area (Å²) in [5.74, 6) is -0.169. The predicted molar refractivity (Wildman–Crippen MR) is 79.4 cm³/mol. The van der Waals surface area contributed by atoms with E-state index in [1.165, 1.54) is 31.2 Å². The van der Waals surface area contributed by atoms with E-state index < -0.39 is 11.9 Å². The molecule has 0 aliphatic heterocycles. The first kappa shape index (κ1) is 15.7. The zero-order valence-corrected chi connectivity index (χ0v) is 12.3. The van der Waals surface area contributed by atoms with Crippen LogP contribution in [0.25, 0.3) is 5.65 Å². The van der Waals surface area contributed by atoms with Crippen molar-refractivity contribution in [3.63, 3.8) is 0 Å². The molecule has 3 N–H and O–H groups in total. The first-order valence-electron chi connectivity index (χ1n) is 6.69. The molecule has 0 aliphatic rings. The van der Waals surface area contributed by atoms with Gasteiger partial charge in [-0.1, -0.05) is 0 Å². The summed E-state index contributed by atoms with van der Waals surface area (Å²) in [5.41, 5.74) is 5.01. The molecule has 3 rings (SSSR count). The van der Waals surface area contributed by atoms with Crippen molar-refractivity contribution in [2.24, 2.45) is 10.2 Å². The van der Waals surface area contributed by atoms with Gasteiger partial charge in [0.25, 0.3) is 0 Å². The fourth-order valence-electron chi connectivity index (χ4n) is 2.07. The molecule has 7 nitrogen and oxygen atoms in total. The number of anilines is 1. The Labute approximate surface area is 133 Å². The molecule has 2 heterocycles. The van der Waals surface area contributed by atoms with Gasteiger partial charge in [-0.05, 0) is 37.3 Å². The van der Waals surface area contributed by atoms with Crippen LogP contribution in [0.4, 0.5) is 30.4 Å². The number of aromatic nitrogens is 3. The van der Waals surface area contributed by atoms with Crippen LogP contribution < -0.4 is 5.73 Å². The van der Waals surface area contributed by atoms with E-state index in [9.17, 15) is 18.3 Å². The van der Waals surface area contributed by atoms with Crippen LogP contribution in [0.3, 0.4) is 0 Å². The first-order valence-corrected chi connectivity index (χ1v) is 6.69. The van der Waals surface area contributed by atoms with Gasteiger partial charge in [0.15, 0.2) is 17.2 Å². The maximum Gasteiger partial charge on any atom is 0.433 e. The second kappa shape index (κ2) is 5.48. The van der Waals surface area contributed by atoms with Crippen molar-refractivity contribution in [2.45, 2.75) is 13.1 Å². The van der Waals surface area contributed by atoms with Crippen molar-refractivity contribution in [2.75, 3.05) is 5.73 Å². The molecular weight excluding hydrogens is 325 g/mol. The number of nitrogens with two attached hydrogens (primary N) is 1. The van der Waals surface area contributed by atoms with E-state index in [1.807, 2.05) is 0 Å². The van der Waals surface area contributed by atoms with E-state index in [0.29, 0.717) is 10.2 Å². The van der Waals surface area contributed by atoms with Gasteiger partial charge < -0.3 is 10.8 Å². The van der Waals surface area contributed by atoms with Gasteiger partial charge >= 0.3 is 6.18 Å². The fraction of sp³-hybridized carbons (Fsp3) is 0.143. The average Bonchev–Trinajstić information content (AvgIpc) is 2.80. The molecule has 0 unspecified atom stereocenters. The number of aryl methyl sites for hydroxylation is 1. The molecule has 3 aromatic rings. The van der Waals surface area contributed by atoms with Crippen LogP contribution >= 0.6 is 0 Å². The predicted octanol–water partition coefficient (Wildman–Crippen LogP) is 3.76. The highest BCUT2D eigenvalue weighted by Crippen LogP contribution is 2.34. The zero-order valence-electron chi connectivity index (χ0n) is 12.3. The third kappa shape index (κ3) is 2.85. The number of aromatic hydroxyl groups is 1. The summed E-state index contributed by atoms with van der Waals surface area (Å²) in [6.07, 6.45) is -4.62. The summed E-state index contributed by atoms with van der Waals surface area (Å²) in [7, 11) is 0. The lowest BCUT2D eigenvalue weighted by molar-refractivity contribution is -0.142. The molecule has 0 amide bonds. The van der Waals surface area contributed by atoms with Crippen molar-refractivity contribution in [3.8, 4) is 5.75 Å².